The highest BCUT2D eigenvalue weighted by Crippen LogP contribution is 2.23. The smallest absolute Gasteiger partial charge is 0.326 e. The van der Waals surface area contributed by atoms with Crippen molar-refractivity contribution >= 4 is 23.6 Å². The Bertz CT molecular complexity index is 502. The highest BCUT2D eigenvalue weighted by Gasteiger charge is 2.38. The highest BCUT2D eigenvalue weighted by molar-refractivity contribution is 8.00. The van der Waals surface area contributed by atoms with Gasteiger partial charge in [-0.25, -0.2) is 4.79 Å². The van der Waals surface area contributed by atoms with Crippen LogP contribution in [0.15, 0.2) is 29.2 Å². The third-order valence-electron chi connectivity index (χ3n) is 3.27. The molecular weight excluding hydrogens is 278 g/mol. The summed E-state index contributed by atoms with van der Waals surface area (Å²) < 4.78 is 0. The minimum atomic E-state index is -1.06. The van der Waals surface area contributed by atoms with Gasteiger partial charge in [-0.3, -0.25) is 4.79 Å². The summed E-state index contributed by atoms with van der Waals surface area (Å²) in [6, 6.07) is 6.89. The molecule has 2 N–H and O–H groups in total. The fourth-order valence-corrected chi connectivity index (χ4v) is 2.97. The molecule has 0 spiro atoms. The lowest BCUT2D eigenvalue weighted by Gasteiger charge is -2.20. The number of carbonyl (C=O) groups is 2. The van der Waals surface area contributed by atoms with Gasteiger partial charge in [0, 0.05) is 17.9 Å². The van der Waals surface area contributed by atoms with Crippen LogP contribution in [0, 0.1) is 6.92 Å². The van der Waals surface area contributed by atoms with Gasteiger partial charge in [-0.15, -0.1) is 11.8 Å². The maximum Gasteiger partial charge on any atom is 0.326 e. The lowest BCUT2D eigenvalue weighted by Crippen LogP contribution is -2.41. The van der Waals surface area contributed by atoms with Gasteiger partial charge in [0.15, 0.2) is 0 Å². The molecule has 0 aliphatic carbocycles. The average molecular weight is 295 g/mol. The molecule has 6 heteroatoms. The van der Waals surface area contributed by atoms with Crippen molar-refractivity contribution in [2.75, 3.05) is 12.3 Å². The molecule has 0 radical (unpaired) electrons. The fourth-order valence-electron chi connectivity index (χ4n) is 2.19. The molecule has 1 aliphatic heterocycles. The molecule has 108 valence electrons. The van der Waals surface area contributed by atoms with Gasteiger partial charge in [0.05, 0.1) is 11.9 Å². The number of carboxylic acid groups (broad SMARTS) is 1. The second kappa shape index (κ2) is 6.28. The second-order valence-electron chi connectivity index (χ2n) is 4.89. The molecule has 1 fully saturated rings. The van der Waals surface area contributed by atoms with Gasteiger partial charge in [-0.2, -0.15) is 0 Å². The number of aliphatic hydroxyl groups is 1. The zero-order chi connectivity index (χ0) is 14.7. The van der Waals surface area contributed by atoms with Crippen LogP contribution in [0.5, 0.6) is 0 Å². The monoisotopic (exact) mass is 295 g/mol. The van der Waals surface area contributed by atoms with E-state index in [1.807, 2.05) is 31.2 Å². The number of carboxylic acids is 1. The van der Waals surface area contributed by atoms with Crippen LogP contribution in [-0.4, -0.2) is 51.4 Å². The number of aryl methyl sites for hydroxylation is 1. The average Bonchev–Trinajstić information content (AvgIpc) is 2.80. The Morgan fingerprint density at radius 2 is 2.00 bits per heavy atom. The Morgan fingerprint density at radius 3 is 2.60 bits per heavy atom. The van der Waals surface area contributed by atoms with Crippen LogP contribution in [0.1, 0.15) is 12.0 Å². The Morgan fingerprint density at radius 1 is 1.35 bits per heavy atom. The molecule has 1 aromatic carbocycles. The van der Waals surface area contributed by atoms with E-state index in [1.54, 1.807) is 0 Å². The number of nitrogens with zero attached hydrogens (tertiary/aromatic N) is 1. The molecule has 1 aliphatic rings. The summed E-state index contributed by atoms with van der Waals surface area (Å²) in [6.45, 7) is 2.09. The topological polar surface area (TPSA) is 77.8 Å². The van der Waals surface area contributed by atoms with Gasteiger partial charge < -0.3 is 15.1 Å². The Labute approximate surface area is 121 Å². The van der Waals surface area contributed by atoms with E-state index in [9.17, 15) is 14.7 Å². The fraction of sp³-hybridized carbons (Fsp3) is 0.429. The molecule has 0 saturated carbocycles. The summed E-state index contributed by atoms with van der Waals surface area (Å²) in [5.74, 6) is -1.13. The first-order valence-electron chi connectivity index (χ1n) is 6.37. The predicted molar refractivity (Wildman–Crippen MR) is 75.7 cm³/mol. The van der Waals surface area contributed by atoms with Crippen molar-refractivity contribution in [3.63, 3.8) is 0 Å². The summed E-state index contributed by atoms with van der Waals surface area (Å²) in [5.41, 5.74) is 1.15. The van der Waals surface area contributed by atoms with E-state index >= 15 is 0 Å². The molecule has 1 amide bonds. The van der Waals surface area contributed by atoms with E-state index in [1.165, 1.54) is 16.7 Å². The number of thioether (sulfide) groups is 1. The van der Waals surface area contributed by atoms with Crippen LogP contribution in [0.2, 0.25) is 0 Å². The maximum absolute atomic E-state index is 12.1. The summed E-state index contributed by atoms with van der Waals surface area (Å²) >= 11 is 1.37. The van der Waals surface area contributed by atoms with Crippen LogP contribution < -0.4 is 0 Å². The predicted octanol–water partition coefficient (Wildman–Crippen LogP) is 1.13. The van der Waals surface area contributed by atoms with Gasteiger partial charge >= 0.3 is 5.97 Å². The number of benzene rings is 1. The third kappa shape index (κ3) is 3.52. The number of rotatable bonds is 4. The normalized spacial score (nSPS) is 22.0. The summed E-state index contributed by atoms with van der Waals surface area (Å²) in [4.78, 5) is 25.4. The molecule has 0 bridgehead atoms. The number of hydrogen-bond donors (Lipinski definition) is 2. The second-order valence-corrected chi connectivity index (χ2v) is 5.94. The van der Waals surface area contributed by atoms with Crippen molar-refractivity contribution in [1.82, 2.24) is 4.90 Å². The Balaban J connectivity index is 1.94. The summed E-state index contributed by atoms with van der Waals surface area (Å²) in [5, 5.41) is 18.6. The van der Waals surface area contributed by atoms with Gasteiger partial charge in [-0.1, -0.05) is 17.7 Å². The minimum absolute atomic E-state index is 0.101. The van der Waals surface area contributed by atoms with Crippen molar-refractivity contribution in [3.05, 3.63) is 29.8 Å². The van der Waals surface area contributed by atoms with Crippen LogP contribution in [0.25, 0.3) is 0 Å². The maximum atomic E-state index is 12.1. The van der Waals surface area contributed by atoms with Crippen LogP contribution in [-0.2, 0) is 9.59 Å². The van der Waals surface area contributed by atoms with Crippen molar-refractivity contribution in [2.24, 2.45) is 0 Å². The zero-order valence-electron chi connectivity index (χ0n) is 11.2. The molecule has 1 unspecified atom stereocenters. The van der Waals surface area contributed by atoms with Crippen molar-refractivity contribution in [1.29, 1.82) is 0 Å². The lowest BCUT2D eigenvalue weighted by atomic mass is 10.2. The highest BCUT2D eigenvalue weighted by atomic mass is 32.2. The number of aliphatic hydroxyl groups excluding tert-OH is 1. The first-order chi connectivity index (χ1) is 9.47. The van der Waals surface area contributed by atoms with E-state index in [2.05, 4.69) is 0 Å². The van der Waals surface area contributed by atoms with E-state index in [0.29, 0.717) is 0 Å². The number of carbonyl (C=O) groups excluding carboxylic acids is 1. The molecule has 2 rings (SSSR count). The SMILES string of the molecule is Cc1ccc(SCC(=O)N2CC(O)C[C@H]2C(=O)O)cc1. The first-order valence-corrected chi connectivity index (χ1v) is 7.35. The van der Waals surface area contributed by atoms with E-state index < -0.39 is 18.1 Å². The van der Waals surface area contributed by atoms with E-state index in [4.69, 9.17) is 5.11 Å². The molecular formula is C14H17NO4S. The Hall–Kier alpha value is -1.53. The molecule has 1 heterocycles. The van der Waals surface area contributed by atoms with E-state index in [0.717, 1.165) is 10.5 Å². The largest absolute Gasteiger partial charge is 0.480 e. The van der Waals surface area contributed by atoms with E-state index in [-0.39, 0.29) is 24.6 Å². The van der Waals surface area contributed by atoms with Gasteiger partial charge in [-0.05, 0) is 19.1 Å². The van der Waals surface area contributed by atoms with Gasteiger partial charge in [0.2, 0.25) is 5.91 Å². The minimum Gasteiger partial charge on any atom is -0.480 e. The van der Waals surface area contributed by atoms with Crippen LogP contribution >= 0.6 is 11.8 Å². The number of amides is 1. The lowest BCUT2D eigenvalue weighted by molar-refractivity contribution is -0.147. The molecule has 5 nitrogen and oxygen atoms in total. The van der Waals surface area contributed by atoms with Gasteiger partial charge in [0.25, 0.3) is 0 Å². The number of likely N-dealkylation sites (tertiary alicyclic amines) is 1. The third-order valence-corrected chi connectivity index (χ3v) is 4.26. The number of hydrogen-bond acceptors (Lipinski definition) is 4. The summed E-state index contributed by atoms with van der Waals surface area (Å²) in [7, 11) is 0. The zero-order valence-corrected chi connectivity index (χ0v) is 12.0. The van der Waals surface area contributed by atoms with Gasteiger partial charge in [0.1, 0.15) is 6.04 Å². The molecule has 20 heavy (non-hydrogen) atoms. The van der Waals surface area contributed by atoms with Crippen LogP contribution in [0.3, 0.4) is 0 Å². The quantitative estimate of drug-likeness (QED) is 0.814. The first kappa shape index (κ1) is 14.9. The van der Waals surface area contributed by atoms with Crippen molar-refractivity contribution in [3.8, 4) is 0 Å². The van der Waals surface area contributed by atoms with Crippen molar-refractivity contribution in [2.45, 2.75) is 30.4 Å². The molecule has 1 saturated heterocycles. The molecule has 0 aromatic heterocycles. The molecule has 1 aromatic rings. The van der Waals surface area contributed by atoms with Crippen LogP contribution in [0.4, 0.5) is 0 Å². The molecule has 2 atom stereocenters. The number of β-amino-alcohol motifs (C(OH)–C–C–N with tert-alkyl or cyclic N) is 1. The Kier molecular flexibility index (Phi) is 4.67. The summed E-state index contributed by atoms with van der Waals surface area (Å²) in [6.07, 6.45) is -0.638. The standard InChI is InChI=1S/C14H17NO4S/c1-9-2-4-11(5-3-9)20-8-13(17)15-7-10(16)6-12(15)14(18)19/h2-5,10,12,16H,6-8H2,1H3,(H,18,19)/t10?,12-/m0/s1. The van der Waals surface area contributed by atoms with Crippen molar-refractivity contribution < 1.29 is 19.8 Å². The number of aliphatic carboxylic acids is 1.